The maximum atomic E-state index is 11.0. The number of rotatable bonds is 3. The molecule has 0 aliphatic heterocycles. The smallest absolute Gasteiger partial charge is 0.305 e. The van der Waals surface area contributed by atoms with Crippen molar-refractivity contribution in [3.8, 4) is 5.75 Å². The monoisotopic (exact) mass is 279 g/mol. The number of hydrogen-bond donors (Lipinski definition) is 0. The molecule has 1 heterocycles. The molecular formula is C14H14ClNO3. The number of ether oxygens (including phenoxy) is 2. The molecule has 0 amide bonds. The van der Waals surface area contributed by atoms with E-state index in [2.05, 4.69) is 4.98 Å². The molecule has 0 aliphatic rings. The highest BCUT2D eigenvalue weighted by Crippen LogP contribution is 2.31. The van der Waals surface area contributed by atoms with Crippen LogP contribution in [-0.2, 0) is 9.53 Å². The number of halogens is 1. The Morgan fingerprint density at radius 2 is 2.05 bits per heavy atom. The van der Waals surface area contributed by atoms with E-state index in [-0.39, 0.29) is 0 Å². The molecule has 0 aliphatic carbocycles. The first kappa shape index (κ1) is 13.6. The van der Waals surface area contributed by atoms with Crippen LogP contribution in [-0.4, -0.2) is 16.7 Å². The average Bonchev–Trinajstić information content (AvgIpc) is 2.31. The lowest BCUT2D eigenvalue weighted by Crippen LogP contribution is -2.33. The van der Waals surface area contributed by atoms with Crippen LogP contribution in [0.1, 0.15) is 20.8 Å². The second-order valence-electron chi connectivity index (χ2n) is 4.54. The maximum absolute atomic E-state index is 11.0. The predicted octanol–water partition coefficient (Wildman–Crippen LogP) is 3.57. The summed E-state index contributed by atoms with van der Waals surface area (Å²) < 4.78 is 10.8. The van der Waals surface area contributed by atoms with Crippen molar-refractivity contribution in [3.63, 3.8) is 0 Å². The number of hydrogen-bond acceptors (Lipinski definition) is 4. The van der Waals surface area contributed by atoms with Crippen molar-refractivity contribution in [1.29, 1.82) is 0 Å². The molecule has 0 saturated heterocycles. The molecule has 2 rings (SSSR count). The highest BCUT2D eigenvalue weighted by atomic mass is 35.5. The fourth-order valence-corrected chi connectivity index (χ4v) is 2.04. The van der Waals surface area contributed by atoms with E-state index in [0.29, 0.717) is 16.3 Å². The summed E-state index contributed by atoms with van der Waals surface area (Å²) in [7, 11) is 0. The highest BCUT2D eigenvalue weighted by Gasteiger charge is 2.24. The molecule has 0 N–H and O–H groups in total. The van der Waals surface area contributed by atoms with Gasteiger partial charge in [-0.3, -0.25) is 9.78 Å². The van der Waals surface area contributed by atoms with Crippen LogP contribution in [0.25, 0.3) is 10.9 Å². The number of benzene rings is 1. The summed E-state index contributed by atoms with van der Waals surface area (Å²) in [5.41, 5.74) is 0.634. The minimum absolute atomic E-state index is 0.406. The van der Waals surface area contributed by atoms with Gasteiger partial charge in [-0.15, -0.1) is 0 Å². The molecule has 19 heavy (non-hydrogen) atoms. The molecule has 0 bridgehead atoms. The number of fused-ring (bicyclic) bond motifs is 1. The standard InChI is InChI=1S/C14H14ClNO3/c1-9(17)18-14(2,3)19-12-7-6-11(15)10-5-4-8-16-13(10)12/h4-8H,1-3H3. The van der Waals surface area contributed by atoms with Crippen LogP contribution in [0.15, 0.2) is 30.5 Å². The molecule has 2 aromatic rings. The van der Waals surface area contributed by atoms with E-state index in [9.17, 15) is 4.79 Å². The lowest BCUT2D eigenvalue weighted by Gasteiger charge is -2.26. The number of pyridine rings is 1. The molecule has 5 heteroatoms. The average molecular weight is 280 g/mol. The SMILES string of the molecule is CC(=O)OC(C)(C)Oc1ccc(Cl)c2cccnc12. The second kappa shape index (κ2) is 5.05. The predicted molar refractivity (Wildman–Crippen MR) is 73.2 cm³/mol. The second-order valence-corrected chi connectivity index (χ2v) is 4.95. The Balaban J connectivity index is 2.41. The van der Waals surface area contributed by atoms with Crippen LogP contribution in [0.5, 0.6) is 5.75 Å². The van der Waals surface area contributed by atoms with Gasteiger partial charge in [0.25, 0.3) is 0 Å². The van der Waals surface area contributed by atoms with Gasteiger partial charge < -0.3 is 9.47 Å². The highest BCUT2D eigenvalue weighted by molar-refractivity contribution is 6.35. The van der Waals surface area contributed by atoms with E-state index in [1.54, 1.807) is 38.2 Å². The van der Waals surface area contributed by atoms with Gasteiger partial charge in [-0.25, -0.2) is 0 Å². The van der Waals surface area contributed by atoms with Gasteiger partial charge in [0, 0.05) is 32.4 Å². The number of nitrogens with zero attached hydrogens (tertiary/aromatic N) is 1. The van der Waals surface area contributed by atoms with Crippen LogP contribution < -0.4 is 4.74 Å². The van der Waals surface area contributed by atoms with Crippen LogP contribution in [0, 0.1) is 0 Å². The maximum Gasteiger partial charge on any atom is 0.305 e. The van der Waals surface area contributed by atoms with Gasteiger partial charge in [-0.05, 0) is 24.3 Å². The van der Waals surface area contributed by atoms with E-state index in [1.807, 2.05) is 6.07 Å². The zero-order valence-electron chi connectivity index (χ0n) is 10.9. The molecular weight excluding hydrogens is 266 g/mol. The van der Waals surface area contributed by atoms with Crippen molar-refractivity contribution in [1.82, 2.24) is 4.98 Å². The number of esters is 1. The molecule has 0 radical (unpaired) electrons. The van der Waals surface area contributed by atoms with Crippen LogP contribution in [0.2, 0.25) is 5.02 Å². The van der Waals surface area contributed by atoms with Crippen LogP contribution in [0.4, 0.5) is 0 Å². The van der Waals surface area contributed by atoms with E-state index >= 15 is 0 Å². The quantitative estimate of drug-likeness (QED) is 0.637. The first-order valence-corrected chi connectivity index (χ1v) is 6.19. The Morgan fingerprint density at radius 3 is 2.74 bits per heavy atom. The molecule has 0 spiro atoms. The van der Waals surface area contributed by atoms with Gasteiger partial charge in [0.1, 0.15) is 5.52 Å². The largest absolute Gasteiger partial charge is 0.451 e. The van der Waals surface area contributed by atoms with Crippen molar-refractivity contribution in [3.05, 3.63) is 35.5 Å². The lowest BCUT2D eigenvalue weighted by molar-refractivity contribution is -0.183. The van der Waals surface area contributed by atoms with Gasteiger partial charge in [-0.2, -0.15) is 0 Å². The molecule has 100 valence electrons. The van der Waals surface area contributed by atoms with Crippen LogP contribution >= 0.6 is 11.6 Å². The summed E-state index contributed by atoms with van der Waals surface area (Å²) in [6.07, 6.45) is 1.66. The van der Waals surface area contributed by atoms with Crippen molar-refractivity contribution >= 4 is 28.5 Å². The number of aromatic nitrogens is 1. The fourth-order valence-electron chi connectivity index (χ4n) is 1.83. The Kier molecular flexibility index (Phi) is 3.62. The lowest BCUT2D eigenvalue weighted by atomic mass is 10.2. The van der Waals surface area contributed by atoms with Crippen molar-refractivity contribution in [2.45, 2.75) is 26.6 Å². The van der Waals surface area contributed by atoms with Gasteiger partial charge >= 0.3 is 5.97 Å². The van der Waals surface area contributed by atoms with E-state index in [1.165, 1.54) is 6.92 Å². The summed E-state index contributed by atoms with van der Waals surface area (Å²) in [4.78, 5) is 15.3. The molecule has 1 aromatic heterocycles. The summed E-state index contributed by atoms with van der Waals surface area (Å²) in [6.45, 7) is 4.67. The minimum atomic E-state index is -1.07. The van der Waals surface area contributed by atoms with E-state index in [4.69, 9.17) is 21.1 Å². The van der Waals surface area contributed by atoms with Crippen molar-refractivity contribution in [2.75, 3.05) is 0 Å². The topological polar surface area (TPSA) is 48.4 Å². The third-order valence-electron chi connectivity index (χ3n) is 2.42. The zero-order chi connectivity index (χ0) is 14.0. The van der Waals surface area contributed by atoms with E-state index in [0.717, 1.165) is 5.39 Å². The third-order valence-corrected chi connectivity index (χ3v) is 2.75. The Bertz CT molecular complexity index is 625. The van der Waals surface area contributed by atoms with Gasteiger partial charge in [0.05, 0.1) is 5.02 Å². The first-order chi connectivity index (χ1) is 8.89. The first-order valence-electron chi connectivity index (χ1n) is 5.81. The number of carbonyl (C=O) groups excluding carboxylic acids is 1. The minimum Gasteiger partial charge on any atom is -0.451 e. The Labute approximate surface area is 116 Å². The Hall–Kier alpha value is -1.81. The van der Waals surface area contributed by atoms with Crippen molar-refractivity contribution < 1.29 is 14.3 Å². The molecule has 4 nitrogen and oxygen atoms in total. The zero-order valence-corrected chi connectivity index (χ0v) is 11.7. The molecule has 0 atom stereocenters. The summed E-state index contributed by atoms with van der Waals surface area (Å²) in [5.74, 6) is -0.952. The number of carbonyl (C=O) groups is 1. The summed E-state index contributed by atoms with van der Waals surface area (Å²) in [6, 6.07) is 7.10. The molecule has 0 fully saturated rings. The van der Waals surface area contributed by atoms with Gasteiger partial charge in [0.15, 0.2) is 5.75 Å². The summed E-state index contributed by atoms with van der Waals surface area (Å²) >= 11 is 6.10. The van der Waals surface area contributed by atoms with Gasteiger partial charge in [0.2, 0.25) is 5.79 Å². The molecule has 1 aromatic carbocycles. The van der Waals surface area contributed by atoms with E-state index < -0.39 is 11.8 Å². The Morgan fingerprint density at radius 1 is 1.32 bits per heavy atom. The fraction of sp³-hybridized carbons (Fsp3) is 0.286. The molecule has 0 unspecified atom stereocenters. The molecule has 0 saturated carbocycles. The van der Waals surface area contributed by atoms with Crippen molar-refractivity contribution in [2.24, 2.45) is 0 Å². The third kappa shape index (κ3) is 3.15. The van der Waals surface area contributed by atoms with Crippen LogP contribution in [0.3, 0.4) is 0 Å². The van der Waals surface area contributed by atoms with Gasteiger partial charge in [-0.1, -0.05) is 11.6 Å². The summed E-state index contributed by atoms with van der Waals surface area (Å²) in [5, 5.41) is 1.39. The normalized spacial score (nSPS) is 11.4.